The van der Waals surface area contributed by atoms with E-state index in [-0.39, 0.29) is 24.3 Å². The first-order valence-corrected chi connectivity index (χ1v) is 25.2. The standard InChI is InChI=1S/C48H55ClN7O7P/c1-63-40-29-35(16-15-32(40)28-42-50-30-37(49)38(51-42)27-33-10-4-6-13-41(33)64(2,3)62)53-21-19-34(20-22-53)54-23-25-55(26-24-54)44(58)14-7-5-9-31-11-8-12-36-45(31)48(61)56(47(36)60)39-17-18-43(57)52-46(39)59/h4,6,8,10-13,15-16,29-30,34,39H,5,7,9,14,17-28H2,1-3H3,(H,52,57,59). The molecule has 64 heavy (non-hydrogen) atoms. The van der Waals surface area contributed by atoms with E-state index in [0.29, 0.717) is 79.8 Å². The second-order valence-corrected chi connectivity index (χ2v) is 21.1. The van der Waals surface area contributed by atoms with E-state index in [4.69, 9.17) is 21.3 Å². The number of hydrogen-bond acceptors (Lipinski definition) is 11. The Balaban J connectivity index is 0.783. The molecule has 0 saturated carbocycles. The number of rotatable bonds is 14. The zero-order valence-corrected chi connectivity index (χ0v) is 38.3. The van der Waals surface area contributed by atoms with Gasteiger partial charge in [0.2, 0.25) is 17.7 Å². The molecule has 3 saturated heterocycles. The SMILES string of the molecule is COc1cc(N2CCC(N3CCN(C(=O)CCCCc4cccc5c4C(=O)N(C4CCC(=O)NC4=O)C5=O)CC3)CC2)ccc1Cc1ncc(Cl)c(Cc2ccccc2P(C)(C)=O)n1. The third kappa shape index (κ3) is 9.79. The summed E-state index contributed by atoms with van der Waals surface area (Å²) in [5.74, 6) is -0.505. The molecule has 1 atom stereocenters. The molecule has 0 radical (unpaired) electrons. The van der Waals surface area contributed by atoms with E-state index >= 15 is 0 Å². The fourth-order valence-corrected chi connectivity index (χ4v) is 11.1. The van der Waals surface area contributed by atoms with Crippen molar-refractivity contribution in [1.82, 2.24) is 30.0 Å². The molecule has 336 valence electrons. The summed E-state index contributed by atoms with van der Waals surface area (Å²) in [6.45, 7) is 8.46. The van der Waals surface area contributed by atoms with Crippen molar-refractivity contribution in [2.24, 2.45) is 0 Å². The number of imide groups is 2. The summed E-state index contributed by atoms with van der Waals surface area (Å²) in [5.41, 5.74) is 5.06. The summed E-state index contributed by atoms with van der Waals surface area (Å²) in [5, 5.41) is 3.55. The first kappa shape index (κ1) is 45.1. The predicted molar refractivity (Wildman–Crippen MR) is 245 cm³/mol. The zero-order valence-electron chi connectivity index (χ0n) is 36.7. The van der Waals surface area contributed by atoms with Crippen molar-refractivity contribution in [1.29, 1.82) is 0 Å². The highest BCUT2D eigenvalue weighted by Gasteiger charge is 2.45. The number of piperidine rings is 2. The largest absolute Gasteiger partial charge is 0.496 e. The van der Waals surface area contributed by atoms with E-state index in [1.807, 2.05) is 35.2 Å². The Morgan fingerprint density at radius 1 is 0.859 bits per heavy atom. The van der Waals surface area contributed by atoms with E-state index in [0.717, 1.165) is 77.4 Å². The van der Waals surface area contributed by atoms with Crippen molar-refractivity contribution in [3.63, 3.8) is 0 Å². The van der Waals surface area contributed by atoms with Crippen LogP contribution in [-0.4, -0.2) is 126 Å². The van der Waals surface area contributed by atoms with Gasteiger partial charge in [-0.15, -0.1) is 0 Å². The van der Waals surface area contributed by atoms with Crippen LogP contribution in [0.2, 0.25) is 5.02 Å². The van der Waals surface area contributed by atoms with Crippen LogP contribution in [0.3, 0.4) is 0 Å². The molecule has 14 nitrogen and oxygen atoms in total. The second kappa shape index (κ2) is 19.4. The van der Waals surface area contributed by atoms with Gasteiger partial charge < -0.3 is 19.1 Å². The Bertz CT molecular complexity index is 2510. The molecule has 4 aliphatic rings. The molecular formula is C48H55ClN7O7P. The highest BCUT2D eigenvalue weighted by atomic mass is 35.5. The number of carbonyl (C=O) groups excluding carboxylic acids is 5. The van der Waals surface area contributed by atoms with Crippen molar-refractivity contribution in [2.75, 3.05) is 64.6 Å². The van der Waals surface area contributed by atoms with Gasteiger partial charge >= 0.3 is 0 Å². The maximum Gasteiger partial charge on any atom is 0.262 e. The molecular weight excluding hydrogens is 853 g/mol. The molecule has 0 aliphatic carbocycles. The molecule has 3 fully saturated rings. The van der Waals surface area contributed by atoms with Gasteiger partial charge in [-0.2, -0.15) is 0 Å². The number of amides is 5. The number of carbonyl (C=O) groups is 5. The minimum Gasteiger partial charge on any atom is -0.496 e. The minimum atomic E-state index is -2.49. The average molecular weight is 908 g/mol. The van der Waals surface area contributed by atoms with Gasteiger partial charge in [0, 0.05) is 99.8 Å². The number of halogens is 1. The van der Waals surface area contributed by atoms with E-state index in [2.05, 4.69) is 38.3 Å². The van der Waals surface area contributed by atoms with Gasteiger partial charge in [0.1, 0.15) is 24.8 Å². The predicted octanol–water partition coefficient (Wildman–Crippen LogP) is 5.50. The van der Waals surface area contributed by atoms with Crippen LogP contribution in [0.15, 0.2) is 66.9 Å². The third-order valence-corrected chi connectivity index (χ3v) is 15.0. The fourth-order valence-electron chi connectivity index (χ4n) is 9.63. The number of aryl methyl sites for hydroxylation is 1. The summed E-state index contributed by atoms with van der Waals surface area (Å²) in [4.78, 5) is 81.3. The zero-order chi connectivity index (χ0) is 45.1. The van der Waals surface area contributed by atoms with Crippen molar-refractivity contribution < 1.29 is 33.3 Å². The maximum atomic E-state index is 13.4. The number of piperazine rings is 1. The average Bonchev–Trinajstić information content (AvgIpc) is 3.55. The normalized spacial score (nSPS) is 18.7. The fraction of sp³-hybridized carbons (Fsp3) is 0.438. The number of anilines is 1. The molecule has 8 rings (SSSR count). The van der Waals surface area contributed by atoms with E-state index in [9.17, 15) is 28.5 Å². The van der Waals surface area contributed by atoms with Crippen LogP contribution in [0.4, 0.5) is 5.69 Å². The van der Waals surface area contributed by atoms with Crippen LogP contribution in [-0.2, 0) is 38.2 Å². The van der Waals surface area contributed by atoms with Gasteiger partial charge in [-0.3, -0.25) is 39.1 Å². The topological polar surface area (TPSA) is 162 Å². The van der Waals surface area contributed by atoms with Gasteiger partial charge in [-0.1, -0.05) is 54.1 Å². The Kier molecular flexibility index (Phi) is 13.7. The molecule has 1 aromatic heterocycles. The monoisotopic (exact) mass is 907 g/mol. The van der Waals surface area contributed by atoms with Crippen LogP contribution < -0.4 is 20.3 Å². The molecule has 0 bridgehead atoms. The quantitative estimate of drug-likeness (QED) is 0.0967. The first-order valence-electron chi connectivity index (χ1n) is 22.2. The number of ether oxygens (including phenoxy) is 1. The van der Waals surface area contributed by atoms with Crippen LogP contribution in [0.1, 0.15) is 93.9 Å². The lowest BCUT2D eigenvalue weighted by Crippen LogP contribution is -2.54. The Labute approximate surface area is 379 Å². The number of nitrogens with zero attached hydrogens (tertiary/aromatic N) is 6. The summed E-state index contributed by atoms with van der Waals surface area (Å²) in [6, 6.07) is 18.7. The maximum absolute atomic E-state index is 13.4. The summed E-state index contributed by atoms with van der Waals surface area (Å²) in [7, 11) is -0.803. The lowest BCUT2D eigenvalue weighted by Gasteiger charge is -2.43. The number of fused-ring (bicyclic) bond motifs is 1. The lowest BCUT2D eigenvalue weighted by atomic mass is 9.98. The van der Waals surface area contributed by atoms with Crippen molar-refractivity contribution in [3.8, 4) is 5.75 Å². The number of hydrogen-bond donors (Lipinski definition) is 1. The van der Waals surface area contributed by atoms with Crippen molar-refractivity contribution >= 4 is 59.3 Å². The molecule has 0 spiro atoms. The molecule has 1 N–H and O–H groups in total. The Morgan fingerprint density at radius 3 is 2.34 bits per heavy atom. The molecule has 16 heteroatoms. The highest BCUT2D eigenvalue weighted by Crippen LogP contribution is 2.37. The number of nitrogens with one attached hydrogen (secondary N) is 1. The van der Waals surface area contributed by atoms with Gasteiger partial charge in [-0.05, 0) is 75.1 Å². The minimum absolute atomic E-state index is 0.0721. The summed E-state index contributed by atoms with van der Waals surface area (Å²) >= 11 is 6.57. The van der Waals surface area contributed by atoms with Gasteiger partial charge in [0.15, 0.2) is 0 Å². The lowest BCUT2D eigenvalue weighted by molar-refractivity contribution is -0.136. The van der Waals surface area contributed by atoms with Crippen LogP contribution >= 0.6 is 18.7 Å². The molecule has 5 heterocycles. The number of methoxy groups -OCH3 is 1. The van der Waals surface area contributed by atoms with E-state index in [1.165, 1.54) is 0 Å². The summed E-state index contributed by atoms with van der Waals surface area (Å²) < 4.78 is 18.8. The molecule has 1 unspecified atom stereocenters. The smallest absolute Gasteiger partial charge is 0.262 e. The van der Waals surface area contributed by atoms with Crippen molar-refractivity contribution in [2.45, 2.75) is 76.3 Å². The number of aromatic nitrogens is 2. The second-order valence-electron chi connectivity index (χ2n) is 17.5. The van der Waals surface area contributed by atoms with Crippen LogP contribution in [0, 0.1) is 0 Å². The van der Waals surface area contributed by atoms with E-state index in [1.54, 1.807) is 38.8 Å². The molecule has 4 aliphatic heterocycles. The van der Waals surface area contributed by atoms with Crippen molar-refractivity contribution in [3.05, 3.63) is 111 Å². The van der Waals surface area contributed by atoms with Crippen LogP contribution in [0.5, 0.6) is 5.75 Å². The number of unbranched alkanes of at least 4 members (excludes halogenated alkanes) is 1. The molecule has 3 aromatic carbocycles. The number of benzene rings is 3. The van der Waals surface area contributed by atoms with Gasteiger partial charge in [0.25, 0.3) is 11.8 Å². The van der Waals surface area contributed by atoms with E-state index < -0.39 is 36.8 Å². The third-order valence-electron chi connectivity index (χ3n) is 13.1. The highest BCUT2D eigenvalue weighted by molar-refractivity contribution is 7.70. The van der Waals surface area contributed by atoms with Gasteiger partial charge in [-0.25, -0.2) is 9.97 Å². The molecule has 4 aromatic rings. The summed E-state index contributed by atoms with van der Waals surface area (Å²) in [6.07, 6.45) is 7.08. The first-order chi connectivity index (χ1) is 30.8. The van der Waals surface area contributed by atoms with Crippen LogP contribution in [0.25, 0.3) is 0 Å². The molecule has 5 amide bonds. The Hall–Kier alpha value is -5.43. The Morgan fingerprint density at radius 2 is 1.61 bits per heavy atom. The van der Waals surface area contributed by atoms with Gasteiger partial charge in [0.05, 0.1) is 29.0 Å².